The van der Waals surface area contributed by atoms with Gasteiger partial charge in [0.1, 0.15) is 0 Å². The van der Waals surface area contributed by atoms with Crippen LogP contribution in [-0.4, -0.2) is 11.1 Å². The van der Waals surface area contributed by atoms with Crippen molar-refractivity contribution in [2.24, 2.45) is 0 Å². The standard InChI is InChI=1S/C11H9ClO2/c1-2-3-10(11(13)14)8-4-6-9(12)7-5-8/h2-7H,1H2,(H,13,14). The van der Waals surface area contributed by atoms with Crippen molar-refractivity contribution in [3.8, 4) is 0 Å². The molecule has 2 nitrogen and oxygen atoms in total. The summed E-state index contributed by atoms with van der Waals surface area (Å²) in [5.41, 5.74) is 0.818. The highest BCUT2D eigenvalue weighted by Gasteiger charge is 2.08. The summed E-state index contributed by atoms with van der Waals surface area (Å²) in [5, 5.41) is 9.46. The van der Waals surface area contributed by atoms with Gasteiger partial charge in [-0.1, -0.05) is 36.4 Å². The van der Waals surface area contributed by atoms with Crippen LogP contribution in [0, 0.1) is 0 Å². The number of aliphatic carboxylic acids is 1. The van der Waals surface area contributed by atoms with Gasteiger partial charge in [-0.05, 0) is 23.8 Å². The lowest BCUT2D eigenvalue weighted by Gasteiger charge is -2.01. The Labute approximate surface area is 87.1 Å². The van der Waals surface area contributed by atoms with E-state index in [1.807, 2.05) is 0 Å². The van der Waals surface area contributed by atoms with E-state index in [0.717, 1.165) is 0 Å². The molecule has 1 N–H and O–H groups in total. The zero-order chi connectivity index (χ0) is 10.6. The number of carboxylic acids is 1. The van der Waals surface area contributed by atoms with Gasteiger partial charge in [-0.2, -0.15) is 0 Å². The van der Waals surface area contributed by atoms with Crippen LogP contribution in [0.25, 0.3) is 5.57 Å². The van der Waals surface area contributed by atoms with Crippen molar-refractivity contribution in [1.82, 2.24) is 0 Å². The van der Waals surface area contributed by atoms with Gasteiger partial charge < -0.3 is 5.11 Å². The van der Waals surface area contributed by atoms with Crippen molar-refractivity contribution < 1.29 is 9.90 Å². The maximum atomic E-state index is 10.8. The summed E-state index contributed by atoms with van der Waals surface area (Å²) in [6.07, 6.45) is 2.89. The highest BCUT2D eigenvalue weighted by Crippen LogP contribution is 2.17. The Balaban J connectivity index is 3.12. The largest absolute Gasteiger partial charge is 0.478 e. The van der Waals surface area contributed by atoms with E-state index in [1.165, 1.54) is 12.2 Å². The van der Waals surface area contributed by atoms with Crippen LogP contribution in [0.1, 0.15) is 5.56 Å². The molecule has 0 radical (unpaired) electrons. The number of hydrogen-bond donors (Lipinski definition) is 1. The summed E-state index contributed by atoms with van der Waals surface area (Å²) in [6, 6.07) is 6.62. The second-order valence-corrected chi connectivity index (χ2v) is 3.06. The maximum Gasteiger partial charge on any atom is 0.336 e. The van der Waals surface area contributed by atoms with Crippen LogP contribution in [0.4, 0.5) is 0 Å². The van der Waals surface area contributed by atoms with Crippen LogP contribution in [-0.2, 0) is 4.79 Å². The predicted octanol–water partition coefficient (Wildman–Crippen LogP) is 2.99. The molecule has 1 rings (SSSR count). The molecule has 1 aromatic rings. The van der Waals surface area contributed by atoms with Gasteiger partial charge in [-0.25, -0.2) is 4.79 Å². The van der Waals surface area contributed by atoms with Crippen molar-refractivity contribution in [3.63, 3.8) is 0 Å². The topological polar surface area (TPSA) is 37.3 Å². The van der Waals surface area contributed by atoms with Gasteiger partial charge >= 0.3 is 5.97 Å². The lowest BCUT2D eigenvalue weighted by molar-refractivity contribution is -0.130. The van der Waals surface area contributed by atoms with Gasteiger partial charge in [-0.3, -0.25) is 0 Å². The minimum atomic E-state index is -0.979. The first kappa shape index (κ1) is 10.5. The maximum absolute atomic E-state index is 10.8. The van der Waals surface area contributed by atoms with E-state index in [0.29, 0.717) is 10.6 Å². The molecule has 0 atom stereocenters. The van der Waals surface area contributed by atoms with Crippen molar-refractivity contribution in [2.75, 3.05) is 0 Å². The molecular weight excluding hydrogens is 200 g/mol. The third-order valence-corrected chi connectivity index (χ3v) is 1.92. The Morgan fingerprint density at radius 2 is 1.93 bits per heavy atom. The third kappa shape index (κ3) is 2.47. The van der Waals surface area contributed by atoms with E-state index in [9.17, 15) is 4.79 Å². The predicted molar refractivity (Wildman–Crippen MR) is 57.3 cm³/mol. The number of carbonyl (C=O) groups is 1. The molecular formula is C11H9ClO2. The fraction of sp³-hybridized carbons (Fsp3) is 0. The lowest BCUT2D eigenvalue weighted by atomic mass is 10.1. The summed E-state index contributed by atoms with van der Waals surface area (Å²) in [4.78, 5) is 10.8. The van der Waals surface area contributed by atoms with Crippen LogP contribution >= 0.6 is 11.6 Å². The minimum Gasteiger partial charge on any atom is -0.478 e. The highest BCUT2D eigenvalue weighted by molar-refractivity contribution is 6.30. The number of rotatable bonds is 3. The smallest absolute Gasteiger partial charge is 0.336 e. The SMILES string of the molecule is C=CC=C(C(=O)O)c1ccc(Cl)cc1. The molecule has 0 unspecified atom stereocenters. The van der Waals surface area contributed by atoms with Crippen LogP contribution in [0.3, 0.4) is 0 Å². The Hall–Kier alpha value is -1.54. The molecule has 0 amide bonds. The molecule has 0 aliphatic heterocycles. The lowest BCUT2D eigenvalue weighted by Crippen LogP contribution is -1.98. The summed E-state index contributed by atoms with van der Waals surface area (Å²) < 4.78 is 0. The Morgan fingerprint density at radius 1 is 1.36 bits per heavy atom. The van der Waals surface area contributed by atoms with Crippen LogP contribution < -0.4 is 0 Å². The van der Waals surface area contributed by atoms with E-state index in [1.54, 1.807) is 24.3 Å². The van der Waals surface area contributed by atoms with E-state index in [-0.39, 0.29) is 5.57 Å². The van der Waals surface area contributed by atoms with Crippen molar-refractivity contribution in [2.45, 2.75) is 0 Å². The minimum absolute atomic E-state index is 0.205. The van der Waals surface area contributed by atoms with Gasteiger partial charge in [0.25, 0.3) is 0 Å². The zero-order valence-electron chi connectivity index (χ0n) is 7.40. The number of hydrogen-bond acceptors (Lipinski definition) is 1. The van der Waals surface area contributed by atoms with Gasteiger partial charge in [0, 0.05) is 5.02 Å². The van der Waals surface area contributed by atoms with E-state index >= 15 is 0 Å². The molecule has 0 saturated carbocycles. The summed E-state index contributed by atoms with van der Waals surface area (Å²) >= 11 is 5.69. The number of halogens is 1. The van der Waals surface area contributed by atoms with E-state index in [2.05, 4.69) is 6.58 Å². The molecule has 0 heterocycles. The van der Waals surface area contributed by atoms with Gasteiger partial charge in [-0.15, -0.1) is 0 Å². The molecule has 0 aliphatic rings. The fourth-order valence-electron chi connectivity index (χ4n) is 1.04. The summed E-state index contributed by atoms with van der Waals surface area (Å²) in [7, 11) is 0. The van der Waals surface area contributed by atoms with Gasteiger partial charge in [0.15, 0.2) is 0 Å². The van der Waals surface area contributed by atoms with Crippen LogP contribution in [0.15, 0.2) is 43.0 Å². The van der Waals surface area contributed by atoms with E-state index < -0.39 is 5.97 Å². The van der Waals surface area contributed by atoms with Gasteiger partial charge in [0.05, 0.1) is 5.57 Å². The molecule has 0 aromatic heterocycles. The molecule has 3 heteroatoms. The van der Waals surface area contributed by atoms with Crippen LogP contribution in [0.2, 0.25) is 5.02 Å². The van der Waals surface area contributed by atoms with Crippen molar-refractivity contribution >= 4 is 23.1 Å². The number of benzene rings is 1. The molecule has 14 heavy (non-hydrogen) atoms. The molecule has 0 aliphatic carbocycles. The van der Waals surface area contributed by atoms with Crippen molar-refractivity contribution in [1.29, 1.82) is 0 Å². The Kier molecular flexibility index (Phi) is 3.48. The molecule has 1 aromatic carbocycles. The second kappa shape index (κ2) is 4.63. The monoisotopic (exact) mass is 208 g/mol. The normalized spacial score (nSPS) is 11.1. The third-order valence-electron chi connectivity index (χ3n) is 1.67. The van der Waals surface area contributed by atoms with Crippen molar-refractivity contribution in [3.05, 3.63) is 53.6 Å². The average Bonchev–Trinajstić information content (AvgIpc) is 2.15. The molecule has 0 spiro atoms. The first-order valence-corrected chi connectivity index (χ1v) is 4.35. The molecule has 0 saturated heterocycles. The van der Waals surface area contributed by atoms with Gasteiger partial charge in [0.2, 0.25) is 0 Å². The van der Waals surface area contributed by atoms with Crippen LogP contribution in [0.5, 0.6) is 0 Å². The Morgan fingerprint density at radius 3 is 2.36 bits per heavy atom. The quantitative estimate of drug-likeness (QED) is 0.613. The number of allylic oxidation sites excluding steroid dienone is 2. The average molecular weight is 209 g/mol. The first-order chi connectivity index (χ1) is 6.65. The second-order valence-electron chi connectivity index (χ2n) is 2.63. The summed E-state index contributed by atoms with van der Waals surface area (Å²) in [6.45, 7) is 3.46. The summed E-state index contributed by atoms with van der Waals surface area (Å²) in [5.74, 6) is -0.979. The molecule has 72 valence electrons. The zero-order valence-corrected chi connectivity index (χ0v) is 8.16. The first-order valence-electron chi connectivity index (χ1n) is 3.97. The van der Waals surface area contributed by atoms with E-state index in [4.69, 9.17) is 16.7 Å². The molecule has 0 bridgehead atoms. The Bertz CT molecular complexity index is 377. The number of carboxylic acid groups (broad SMARTS) is 1. The fourth-order valence-corrected chi connectivity index (χ4v) is 1.16. The highest BCUT2D eigenvalue weighted by atomic mass is 35.5. The molecule has 0 fully saturated rings.